The minimum atomic E-state index is -1.60. The highest BCUT2D eigenvalue weighted by atomic mass is 16.5. The summed E-state index contributed by atoms with van der Waals surface area (Å²) in [6.07, 6.45) is 1.72. The molecule has 10 heteroatoms. The van der Waals surface area contributed by atoms with Gasteiger partial charge in [-0.2, -0.15) is 0 Å². The van der Waals surface area contributed by atoms with Gasteiger partial charge in [-0.1, -0.05) is 0 Å². The lowest BCUT2D eigenvalue weighted by Crippen LogP contribution is -2.41. The molecule has 0 saturated carbocycles. The Hall–Kier alpha value is -3.89. The molecule has 36 heavy (non-hydrogen) atoms. The van der Waals surface area contributed by atoms with Crippen molar-refractivity contribution >= 4 is 17.3 Å². The van der Waals surface area contributed by atoms with E-state index in [1.54, 1.807) is 12.1 Å². The molecule has 0 fully saturated rings. The topological polar surface area (TPSA) is 156 Å². The molecule has 2 heterocycles. The molecule has 2 aromatic rings. The van der Waals surface area contributed by atoms with Gasteiger partial charge in [-0.05, 0) is 39.8 Å². The van der Waals surface area contributed by atoms with Crippen molar-refractivity contribution in [2.75, 3.05) is 13.2 Å². The summed E-state index contributed by atoms with van der Waals surface area (Å²) in [5, 5.41) is 34.4. The first kappa shape index (κ1) is 25.2. The van der Waals surface area contributed by atoms with Crippen LogP contribution in [0.5, 0.6) is 17.2 Å². The molecular weight excluding hydrogens is 470 g/mol. The number of aromatic hydroxyl groups is 2. The van der Waals surface area contributed by atoms with Crippen molar-refractivity contribution in [3.8, 4) is 17.2 Å². The maximum atomic E-state index is 13.7. The van der Waals surface area contributed by atoms with Gasteiger partial charge in [-0.15, -0.1) is 0 Å². The van der Waals surface area contributed by atoms with Crippen LogP contribution in [0.2, 0.25) is 0 Å². The summed E-state index contributed by atoms with van der Waals surface area (Å²) in [5.41, 5.74) is -1.68. The number of aliphatic hydroxyl groups is 1. The van der Waals surface area contributed by atoms with Crippen LogP contribution in [-0.4, -0.2) is 51.9 Å². The van der Waals surface area contributed by atoms with Gasteiger partial charge in [0.25, 0.3) is 0 Å². The van der Waals surface area contributed by atoms with E-state index in [0.717, 1.165) is 6.08 Å². The van der Waals surface area contributed by atoms with Gasteiger partial charge in [0.05, 0.1) is 30.1 Å². The highest BCUT2D eigenvalue weighted by Crippen LogP contribution is 2.57. The summed E-state index contributed by atoms with van der Waals surface area (Å²) in [4.78, 5) is 38.9. The van der Waals surface area contributed by atoms with E-state index < -0.39 is 40.4 Å². The maximum Gasteiger partial charge on any atom is 0.194 e. The maximum absolute atomic E-state index is 13.7. The van der Waals surface area contributed by atoms with Crippen molar-refractivity contribution in [1.82, 2.24) is 5.32 Å². The number of hydrogen-bond donors (Lipinski definition) is 4. The zero-order valence-electron chi connectivity index (χ0n) is 20.3. The molecule has 0 spiro atoms. The Morgan fingerprint density at radius 2 is 1.94 bits per heavy atom. The van der Waals surface area contributed by atoms with E-state index in [0.29, 0.717) is 5.76 Å². The summed E-state index contributed by atoms with van der Waals surface area (Å²) < 4.78 is 16.3. The van der Waals surface area contributed by atoms with E-state index in [2.05, 4.69) is 5.32 Å². The number of ketones is 3. The van der Waals surface area contributed by atoms with Crippen LogP contribution in [0.1, 0.15) is 48.0 Å². The number of ether oxygens (including phenoxy) is 2. The van der Waals surface area contributed by atoms with Crippen molar-refractivity contribution in [2.24, 2.45) is 0 Å². The molecule has 0 amide bonds. The molecular formula is C26H27NO9. The van der Waals surface area contributed by atoms with E-state index in [9.17, 15) is 29.7 Å². The number of furan rings is 1. The number of phenols is 2. The number of aliphatic hydroxyl groups excluding tert-OH is 1. The van der Waals surface area contributed by atoms with E-state index in [-0.39, 0.29) is 59.2 Å². The predicted octanol–water partition coefficient (Wildman–Crippen LogP) is 2.33. The second kappa shape index (κ2) is 9.29. The van der Waals surface area contributed by atoms with E-state index >= 15 is 0 Å². The molecule has 2 atom stereocenters. The van der Waals surface area contributed by atoms with Crippen LogP contribution in [0.25, 0.3) is 0 Å². The number of carbonyl (C=O) groups excluding carboxylic acids is 3. The molecule has 10 nitrogen and oxygen atoms in total. The fourth-order valence-electron chi connectivity index (χ4n) is 4.47. The number of benzene rings is 1. The first-order valence-electron chi connectivity index (χ1n) is 11.3. The van der Waals surface area contributed by atoms with Crippen LogP contribution in [0.3, 0.4) is 0 Å². The largest absolute Gasteiger partial charge is 0.507 e. The molecule has 1 aliphatic carbocycles. The van der Waals surface area contributed by atoms with Crippen LogP contribution in [0.15, 0.2) is 45.9 Å². The van der Waals surface area contributed by atoms with Crippen molar-refractivity contribution in [3.63, 3.8) is 0 Å². The molecule has 0 saturated heterocycles. The molecule has 0 radical (unpaired) electrons. The monoisotopic (exact) mass is 497 g/mol. The van der Waals surface area contributed by atoms with Gasteiger partial charge in [0.1, 0.15) is 46.4 Å². The summed E-state index contributed by atoms with van der Waals surface area (Å²) in [7, 11) is 0. The minimum absolute atomic E-state index is 0.00113. The molecule has 4 N–H and O–H groups in total. The average molecular weight is 498 g/mol. The predicted molar refractivity (Wildman–Crippen MR) is 126 cm³/mol. The van der Waals surface area contributed by atoms with Gasteiger partial charge in [0, 0.05) is 23.9 Å². The molecule has 4 rings (SSSR count). The quantitative estimate of drug-likeness (QED) is 0.243. The standard InChI is InChI=1S/C26H27NO9/c1-12-22(31)20(14(3)28)24-21(23(12)32)26(4)18(36-24)8-17(30)19(25(26)33)13(2)27-9-15(29)10-34-11-16-6-5-7-35-16/h5-8,15,27,29,31-32H,9-11H2,1-4H3/b19-13+/t15-,26+/m1/s1. The first-order chi connectivity index (χ1) is 17.0. The lowest BCUT2D eigenvalue weighted by molar-refractivity contribution is -0.123. The van der Waals surface area contributed by atoms with Crippen LogP contribution in [0.4, 0.5) is 0 Å². The fraction of sp³-hybridized carbons (Fsp3) is 0.346. The third kappa shape index (κ3) is 3.98. The van der Waals surface area contributed by atoms with Crippen LogP contribution in [-0.2, 0) is 26.3 Å². The van der Waals surface area contributed by atoms with Gasteiger partial charge >= 0.3 is 0 Å². The number of hydrogen-bond acceptors (Lipinski definition) is 10. The highest BCUT2D eigenvalue weighted by Gasteiger charge is 2.56. The number of nitrogens with one attached hydrogen (secondary N) is 1. The van der Waals surface area contributed by atoms with Crippen molar-refractivity contribution in [1.29, 1.82) is 0 Å². The fourth-order valence-corrected chi connectivity index (χ4v) is 4.47. The summed E-state index contributed by atoms with van der Waals surface area (Å²) in [5.74, 6) is -2.21. The second-order valence-corrected chi connectivity index (χ2v) is 9.02. The van der Waals surface area contributed by atoms with E-state index in [4.69, 9.17) is 13.9 Å². The van der Waals surface area contributed by atoms with Gasteiger partial charge < -0.3 is 34.5 Å². The number of allylic oxidation sites excluding steroid dienone is 4. The lowest BCUT2D eigenvalue weighted by atomic mass is 9.70. The number of fused-ring (bicyclic) bond motifs is 3. The zero-order chi connectivity index (χ0) is 26.4. The minimum Gasteiger partial charge on any atom is -0.507 e. The van der Waals surface area contributed by atoms with Gasteiger partial charge in [-0.25, -0.2) is 0 Å². The lowest BCUT2D eigenvalue weighted by Gasteiger charge is -2.29. The summed E-state index contributed by atoms with van der Waals surface area (Å²) in [6, 6.07) is 3.47. The first-order valence-corrected chi connectivity index (χ1v) is 11.3. The number of carbonyl (C=O) groups is 3. The van der Waals surface area contributed by atoms with Crippen LogP contribution >= 0.6 is 0 Å². The molecule has 1 aromatic carbocycles. The van der Waals surface area contributed by atoms with Crippen molar-refractivity contribution in [2.45, 2.75) is 45.8 Å². The van der Waals surface area contributed by atoms with Crippen molar-refractivity contribution < 1.29 is 43.6 Å². The van der Waals surface area contributed by atoms with Gasteiger partial charge in [0.15, 0.2) is 17.3 Å². The molecule has 2 aliphatic rings. The zero-order valence-corrected chi connectivity index (χ0v) is 20.3. The Morgan fingerprint density at radius 1 is 1.22 bits per heavy atom. The van der Waals surface area contributed by atoms with Crippen LogP contribution in [0, 0.1) is 6.92 Å². The number of Topliss-reactive ketones (excluding diaryl/α,β-unsaturated/α-hetero) is 2. The smallest absolute Gasteiger partial charge is 0.194 e. The van der Waals surface area contributed by atoms with E-state index in [1.807, 2.05) is 0 Å². The molecule has 1 aromatic heterocycles. The molecule has 0 bridgehead atoms. The molecule has 0 unspecified atom stereocenters. The third-order valence-electron chi connectivity index (χ3n) is 6.50. The summed E-state index contributed by atoms with van der Waals surface area (Å²) in [6.45, 7) is 5.84. The second-order valence-electron chi connectivity index (χ2n) is 9.02. The number of phenolic OH excluding ortho intramolecular Hbond substituents is 2. The van der Waals surface area contributed by atoms with E-state index in [1.165, 1.54) is 34.0 Å². The van der Waals surface area contributed by atoms with Crippen LogP contribution < -0.4 is 10.1 Å². The van der Waals surface area contributed by atoms with Crippen molar-refractivity contribution in [3.05, 3.63) is 64.0 Å². The number of rotatable bonds is 8. The third-order valence-corrected chi connectivity index (χ3v) is 6.50. The normalized spacial score (nSPS) is 20.9. The molecule has 190 valence electrons. The summed E-state index contributed by atoms with van der Waals surface area (Å²) >= 11 is 0. The van der Waals surface area contributed by atoms with Gasteiger partial charge in [-0.3, -0.25) is 14.4 Å². The highest BCUT2D eigenvalue weighted by molar-refractivity contribution is 6.31. The SMILES string of the molecule is CC(=O)c1c(O)c(C)c(O)c2c1OC1=CC(=O)/C(=C(/C)NC[C@@H](O)COCc3ccco3)C(=O)[C@@]12C. The Morgan fingerprint density at radius 3 is 2.58 bits per heavy atom. The molecule has 1 aliphatic heterocycles. The Balaban J connectivity index is 1.60. The Bertz CT molecular complexity index is 1320. The Labute approximate surface area is 206 Å². The van der Waals surface area contributed by atoms with Gasteiger partial charge in [0.2, 0.25) is 0 Å². The average Bonchev–Trinajstić information content (AvgIpc) is 3.43. The Kier molecular flexibility index (Phi) is 6.50.